The predicted molar refractivity (Wildman–Crippen MR) is 80.3 cm³/mol. The topological polar surface area (TPSA) is 65.1 Å². The Bertz CT molecular complexity index is 536. The van der Waals surface area contributed by atoms with Crippen molar-refractivity contribution in [2.75, 3.05) is 37.6 Å². The van der Waals surface area contributed by atoms with Gasteiger partial charge in [-0.15, -0.1) is 0 Å². The molecule has 0 radical (unpaired) electrons. The van der Waals surface area contributed by atoms with E-state index >= 15 is 0 Å². The molecule has 1 aliphatic heterocycles. The van der Waals surface area contributed by atoms with E-state index in [1.165, 1.54) is 25.5 Å². The van der Waals surface area contributed by atoms with Gasteiger partial charge < -0.3 is 15.8 Å². The molecule has 114 valence electrons. The van der Waals surface area contributed by atoms with E-state index in [0.717, 1.165) is 32.1 Å². The number of rotatable bonds is 4. The summed E-state index contributed by atoms with van der Waals surface area (Å²) in [5.41, 5.74) is 6.46. The van der Waals surface area contributed by atoms with Crippen LogP contribution in [0.2, 0.25) is 0 Å². The van der Waals surface area contributed by atoms with Crippen LogP contribution in [-0.4, -0.2) is 48.7 Å². The highest BCUT2D eigenvalue weighted by Gasteiger charge is 2.27. The molecule has 0 aromatic heterocycles. The Kier molecular flexibility index (Phi) is 3.96. The van der Waals surface area contributed by atoms with Crippen molar-refractivity contribution < 1.29 is 9.60 Å². The van der Waals surface area contributed by atoms with E-state index in [9.17, 15) is 4.39 Å². The first-order valence-corrected chi connectivity index (χ1v) is 7.42. The summed E-state index contributed by atoms with van der Waals surface area (Å²) in [5, 5.41) is 11.5. The number of halogens is 1. The van der Waals surface area contributed by atoms with Crippen molar-refractivity contribution >= 4 is 11.5 Å². The van der Waals surface area contributed by atoms with Gasteiger partial charge >= 0.3 is 0 Å². The highest BCUT2D eigenvalue weighted by Crippen LogP contribution is 2.30. The van der Waals surface area contributed by atoms with Crippen molar-refractivity contribution in [1.82, 2.24) is 4.90 Å². The number of oxime groups is 1. The molecule has 0 amide bonds. The lowest BCUT2D eigenvalue weighted by atomic mass is 10.1. The van der Waals surface area contributed by atoms with Gasteiger partial charge in [-0.25, -0.2) is 4.39 Å². The first kappa shape index (κ1) is 14.1. The van der Waals surface area contributed by atoms with Crippen molar-refractivity contribution in [2.24, 2.45) is 16.8 Å². The molecule has 6 heteroatoms. The molecule has 5 nitrogen and oxygen atoms in total. The average molecular weight is 292 g/mol. The van der Waals surface area contributed by atoms with Gasteiger partial charge in [0.1, 0.15) is 5.82 Å². The van der Waals surface area contributed by atoms with E-state index in [1.54, 1.807) is 12.1 Å². The molecule has 0 bridgehead atoms. The molecule has 0 atom stereocenters. The predicted octanol–water partition coefficient (Wildman–Crippen LogP) is 1.45. The van der Waals surface area contributed by atoms with Crippen molar-refractivity contribution in [3.63, 3.8) is 0 Å². The van der Waals surface area contributed by atoms with Crippen LogP contribution >= 0.6 is 0 Å². The summed E-state index contributed by atoms with van der Waals surface area (Å²) in [6, 6.07) is 4.71. The quantitative estimate of drug-likeness (QED) is 0.381. The smallest absolute Gasteiger partial charge is 0.170 e. The minimum Gasteiger partial charge on any atom is -0.409 e. The SMILES string of the molecule is NC(=NO)c1ccc(N2CCN(CC3CC3)CC2)c(F)c1. The highest BCUT2D eigenvalue weighted by molar-refractivity contribution is 5.97. The van der Waals surface area contributed by atoms with Crippen molar-refractivity contribution in [2.45, 2.75) is 12.8 Å². The van der Waals surface area contributed by atoms with Crippen LogP contribution in [0.1, 0.15) is 18.4 Å². The van der Waals surface area contributed by atoms with Gasteiger partial charge in [0, 0.05) is 38.3 Å². The van der Waals surface area contributed by atoms with E-state index in [4.69, 9.17) is 10.9 Å². The lowest BCUT2D eigenvalue weighted by Gasteiger charge is -2.36. The van der Waals surface area contributed by atoms with Crippen molar-refractivity contribution in [1.29, 1.82) is 0 Å². The number of hydrogen-bond donors (Lipinski definition) is 2. The fourth-order valence-corrected chi connectivity index (χ4v) is 2.82. The van der Waals surface area contributed by atoms with Gasteiger partial charge in [-0.3, -0.25) is 4.90 Å². The van der Waals surface area contributed by atoms with Gasteiger partial charge in [-0.05, 0) is 37.0 Å². The fraction of sp³-hybridized carbons (Fsp3) is 0.533. The summed E-state index contributed by atoms with van der Waals surface area (Å²) in [7, 11) is 0. The summed E-state index contributed by atoms with van der Waals surface area (Å²) in [5.74, 6) is 0.498. The maximum atomic E-state index is 14.2. The summed E-state index contributed by atoms with van der Waals surface area (Å²) in [4.78, 5) is 4.53. The van der Waals surface area contributed by atoms with Gasteiger partial charge in [-0.1, -0.05) is 5.16 Å². The van der Waals surface area contributed by atoms with Gasteiger partial charge in [-0.2, -0.15) is 0 Å². The Morgan fingerprint density at radius 3 is 2.57 bits per heavy atom. The van der Waals surface area contributed by atoms with E-state index in [1.807, 2.05) is 0 Å². The van der Waals surface area contributed by atoms with Crippen LogP contribution in [-0.2, 0) is 0 Å². The zero-order chi connectivity index (χ0) is 14.8. The molecule has 1 saturated heterocycles. The van der Waals surface area contributed by atoms with Crippen molar-refractivity contribution in [3.8, 4) is 0 Å². The second-order valence-electron chi connectivity index (χ2n) is 5.88. The van der Waals surface area contributed by atoms with Crippen LogP contribution in [0.25, 0.3) is 0 Å². The minimum atomic E-state index is -0.324. The third kappa shape index (κ3) is 3.26. The molecule has 1 saturated carbocycles. The summed E-state index contributed by atoms with van der Waals surface area (Å²) in [6.07, 6.45) is 2.73. The zero-order valence-corrected chi connectivity index (χ0v) is 12.0. The molecule has 3 N–H and O–H groups in total. The second kappa shape index (κ2) is 5.89. The summed E-state index contributed by atoms with van der Waals surface area (Å²) < 4.78 is 14.2. The molecule has 2 fully saturated rings. The first-order chi connectivity index (χ1) is 10.2. The second-order valence-corrected chi connectivity index (χ2v) is 5.88. The normalized spacial score (nSPS) is 20.8. The molecule has 21 heavy (non-hydrogen) atoms. The average Bonchev–Trinajstić information content (AvgIpc) is 3.31. The molecular formula is C15H21FN4O. The largest absolute Gasteiger partial charge is 0.409 e. The van der Waals surface area contributed by atoms with Crippen LogP contribution in [0, 0.1) is 11.7 Å². The summed E-state index contributed by atoms with van der Waals surface area (Å²) >= 11 is 0. The lowest BCUT2D eigenvalue weighted by molar-refractivity contribution is 0.247. The van der Waals surface area contributed by atoms with E-state index in [2.05, 4.69) is 15.0 Å². The fourth-order valence-electron chi connectivity index (χ4n) is 2.82. The highest BCUT2D eigenvalue weighted by atomic mass is 19.1. The van der Waals surface area contributed by atoms with Gasteiger partial charge in [0.2, 0.25) is 0 Å². The molecule has 1 aromatic carbocycles. The molecular weight excluding hydrogens is 271 g/mol. The number of nitrogens with zero attached hydrogens (tertiary/aromatic N) is 3. The Morgan fingerprint density at radius 1 is 1.29 bits per heavy atom. The number of amidine groups is 1. The van der Waals surface area contributed by atoms with Crippen molar-refractivity contribution in [3.05, 3.63) is 29.6 Å². The zero-order valence-electron chi connectivity index (χ0n) is 12.0. The van der Waals surface area contributed by atoms with Crippen LogP contribution < -0.4 is 10.6 Å². The molecule has 0 unspecified atom stereocenters. The maximum absolute atomic E-state index is 14.2. The van der Waals surface area contributed by atoms with Gasteiger partial charge in [0.15, 0.2) is 5.84 Å². The van der Waals surface area contributed by atoms with Gasteiger partial charge in [0.05, 0.1) is 5.69 Å². The monoisotopic (exact) mass is 292 g/mol. The molecule has 2 aliphatic rings. The van der Waals surface area contributed by atoms with E-state index in [0.29, 0.717) is 11.3 Å². The van der Waals surface area contributed by atoms with E-state index in [-0.39, 0.29) is 11.7 Å². The van der Waals surface area contributed by atoms with Crippen LogP contribution in [0.5, 0.6) is 0 Å². The molecule has 3 rings (SSSR count). The minimum absolute atomic E-state index is 0.0743. The Labute approximate surface area is 123 Å². The van der Waals surface area contributed by atoms with Crippen LogP contribution in [0.3, 0.4) is 0 Å². The standard InChI is InChI=1S/C15H21FN4O/c16-13-9-12(15(17)18-21)3-4-14(13)20-7-5-19(6-8-20)10-11-1-2-11/h3-4,9,11,21H,1-2,5-8,10H2,(H2,17,18). The number of nitrogens with two attached hydrogens (primary N) is 1. The summed E-state index contributed by atoms with van der Waals surface area (Å²) in [6.45, 7) is 4.84. The third-order valence-corrected chi connectivity index (χ3v) is 4.28. The molecule has 1 aromatic rings. The Balaban J connectivity index is 1.64. The maximum Gasteiger partial charge on any atom is 0.170 e. The molecule has 0 spiro atoms. The Morgan fingerprint density at radius 2 is 2.00 bits per heavy atom. The Hall–Kier alpha value is -1.82. The molecule has 1 heterocycles. The number of benzene rings is 1. The number of anilines is 1. The first-order valence-electron chi connectivity index (χ1n) is 7.42. The van der Waals surface area contributed by atoms with Crippen LogP contribution in [0.4, 0.5) is 10.1 Å². The van der Waals surface area contributed by atoms with Gasteiger partial charge in [0.25, 0.3) is 0 Å². The van der Waals surface area contributed by atoms with E-state index < -0.39 is 0 Å². The number of piperazine rings is 1. The third-order valence-electron chi connectivity index (χ3n) is 4.28. The molecule has 1 aliphatic carbocycles. The lowest BCUT2D eigenvalue weighted by Crippen LogP contribution is -2.47. The van der Waals surface area contributed by atoms with Crippen LogP contribution in [0.15, 0.2) is 23.4 Å². The number of hydrogen-bond acceptors (Lipinski definition) is 4.